The van der Waals surface area contributed by atoms with E-state index in [-0.39, 0.29) is 22.9 Å². The van der Waals surface area contributed by atoms with Gasteiger partial charge < -0.3 is 14.8 Å². The first kappa shape index (κ1) is 21.8. The van der Waals surface area contributed by atoms with Crippen molar-refractivity contribution in [3.05, 3.63) is 53.1 Å². The van der Waals surface area contributed by atoms with Crippen LogP contribution < -0.4 is 5.32 Å². The summed E-state index contributed by atoms with van der Waals surface area (Å²) in [5.74, 6) is -0.757. The zero-order valence-corrected chi connectivity index (χ0v) is 16.9. The van der Waals surface area contributed by atoms with E-state index in [1.165, 1.54) is 13.0 Å². The molecule has 0 saturated carbocycles. The van der Waals surface area contributed by atoms with Crippen LogP contribution in [0.25, 0.3) is 22.6 Å². The third-order valence-corrected chi connectivity index (χ3v) is 4.73. The van der Waals surface area contributed by atoms with Crippen molar-refractivity contribution >= 4 is 17.1 Å². The van der Waals surface area contributed by atoms with E-state index in [9.17, 15) is 18.0 Å². The minimum Gasteiger partial charge on any atom is -0.480 e. The van der Waals surface area contributed by atoms with E-state index in [1.807, 2.05) is 13.8 Å². The number of nitrogens with zero attached hydrogens (tertiary/aromatic N) is 1. The number of alkyl halides is 3. The first-order valence-electron chi connectivity index (χ1n) is 9.60. The molecule has 1 heterocycles. The fraction of sp³-hybridized carbons (Fsp3) is 0.364. The Bertz CT molecular complexity index is 1060. The Morgan fingerprint density at radius 3 is 2.53 bits per heavy atom. The van der Waals surface area contributed by atoms with Crippen LogP contribution in [0.4, 0.5) is 13.2 Å². The van der Waals surface area contributed by atoms with Crippen LogP contribution in [0.5, 0.6) is 0 Å². The van der Waals surface area contributed by atoms with E-state index < -0.39 is 23.8 Å². The molecule has 3 rings (SSSR count). The van der Waals surface area contributed by atoms with Crippen molar-refractivity contribution in [3.8, 4) is 11.5 Å². The second kappa shape index (κ2) is 8.47. The van der Waals surface area contributed by atoms with Crippen LogP contribution in [0.2, 0.25) is 0 Å². The molecule has 0 bridgehead atoms. The number of carboxylic acid groups (broad SMARTS) is 1. The summed E-state index contributed by atoms with van der Waals surface area (Å²) < 4.78 is 46.4. The minimum atomic E-state index is -4.47. The number of nitrogens with one attached hydrogen (secondary N) is 1. The zero-order chi connectivity index (χ0) is 22.1. The van der Waals surface area contributed by atoms with Gasteiger partial charge in [0.1, 0.15) is 11.6 Å². The highest BCUT2D eigenvalue weighted by molar-refractivity contribution is 5.77. The number of hydrogen-bond acceptors (Lipinski definition) is 4. The molecule has 3 aromatic rings. The van der Waals surface area contributed by atoms with Crippen molar-refractivity contribution < 1.29 is 27.5 Å². The maximum atomic E-state index is 13.6. The van der Waals surface area contributed by atoms with Gasteiger partial charge in [0.25, 0.3) is 0 Å². The monoisotopic (exact) mass is 420 g/mol. The summed E-state index contributed by atoms with van der Waals surface area (Å²) >= 11 is 0. The number of hydrogen-bond donors (Lipinski definition) is 2. The molecule has 0 saturated heterocycles. The molecule has 0 aliphatic carbocycles. The smallest absolute Gasteiger partial charge is 0.416 e. The molecule has 1 unspecified atom stereocenters. The fourth-order valence-electron chi connectivity index (χ4n) is 3.15. The molecular weight excluding hydrogens is 397 g/mol. The van der Waals surface area contributed by atoms with Gasteiger partial charge in [-0.1, -0.05) is 26.0 Å². The third kappa shape index (κ3) is 4.99. The SMILES string of the molecule is CC(C)Cc1ccc(-c2nc3ccc(CNC(C)C(=O)O)cc3o2)cc1C(F)(F)F. The summed E-state index contributed by atoms with van der Waals surface area (Å²) in [6.07, 6.45) is -4.14. The number of fused-ring (bicyclic) bond motifs is 1. The van der Waals surface area contributed by atoms with Gasteiger partial charge in [-0.15, -0.1) is 0 Å². The lowest BCUT2D eigenvalue weighted by Gasteiger charge is -2.15. The van der Waals surface area contributed by atoms with E-state index >= 15 is 0 Å². The molecule has 8 heteroatoms. The van der Waals surface area contributed by atoms with Gasteiger partial charge in [-0.25, -0.2) is 4.98 Å². The van der Waals surface area contributed by atoms with Crippen LogP contribution in [0.1, 0.15) is 37.5 Å². The molecule has 0 aliphatic heterocycles. The quantitative estimate of drug-likeness (QED) is 0.544. The maximum absolute atomic E-state index is 13.6. The van der Waals surface area contributed by atoms with Gasteiger partial charge >= 0.3 is 12.1 Å². The van der Waals surface area contributed by atoms with Crippen LogP contribution in [-0.4, -0.2) is 22.1 Å². The van der Waals surface area contributed by atoms with Crippen molar-refractivity contribution in [2.45, 2.75) is 46.0 Å². The average molecular weight is 420 g/mol. The molecule has 0 fully saturated rings. The first-order valence-corrected chi connectivity index (χ1v) is 9.60. The lowest BCUT2D eigenvalue weighted by Crippen LogP contribution is -2.33. The lowest BCUT2D eigenvalue weighted by molar-refractivity contribution is -0.139. The van der Waals surface area contributed by atoms with Crippen LogP contribution in [-0.2, 0) is 23.9 Å². The average Bonchev–Trinajstić information content (AvgIpc) is 3.08. The Labute approximate surface area is 171 Å². The molecule has 0 aliphatic rings. The standard InChI is InChI=1S/C22H23F3N2O3/c1-12(2)8-15-5-6-16(10-17(15)22(23,24)25)20-27-18-7-4-14(9-19(18)30-20)11-26-13(3)21(28)29/h4-7,9-10,12-13,26H,8,11H2,1-3H3,(H,28,29). The van der Waals surface area contributed by atoms with E-state index in [4.69, 9.17) is 9.52 Å². The van der Waals surface area contributed by atoms with E-state index in [1.54, 1.807) is 24.3 Å². The van der Waals surface area contributed by atoms with Crippen molar-refractivity contribution in [2.75, 3.05) is 0 Å². The van der Waals surface area contributed by atoms with Crippen molar-refractivity contribution in [1.29, 1.82) is 0 Å². The Kier molecular flexibility index (Phi) is 6.17. The number of carbonyl (C=O) groups is 1. The van der Waals surface area contributed by atoms with Crippen molar-refractivity contribution in [2.24, 2.45) is 5.92 Å². The highest BCUT2D eigenvalue weighted by Gasteiger charge is 2.34. The lowest BCUT2D eigenvalue weighted by atomic mass is 9.96. The molecule has 0 radical (unpaired) electrons. The normalized spacial score (nSPS) is 13.2. The highest BCUT2D eigenvalue weighted by Crippen LogP contribution is 2.36. The van der Waals surface area contributed by atoms with Gasteiger partial charge in [0.2, 0.25) is 5.89 Å². The summed E-state index contributed by atoms with van der Waals surface area (Å²) in [4.78, 5) is 15.2. The summed E-state index contributed by atoms with van der Waals surface area (Å²) in [6.45, 7) is 5.59. The number of carboxylic acids is 1. The molecule has 160 valence electrons. The van der Waals surface area contributed by atoms with E-state index in [0.717, 1.165) is 11.6 Å². The highest BCUT2D eigenvalue weighted by atomic mass is 19.4. The largest absolute Gasteiger partial charge is 0.480 e. The van der Waals surface area contributed by atoms with Gasteiger partial charge in [-0.3, -0.25) is 4.79 Å². The molecule has 2 N–H and O–H groups in total. The van der Waals surface area contributed by atoms with Gasteiger partial charge in [-0.05, 0) is 54.7 Å². The van der Waals surface area contributed by atoms with Crippen molar-refractivity contribution in [1.82, 2.24) is 10.3 Å². The first-order chi connectivity index (χ1) is 14.0. The van der Waals surface area contributed by atoms with Gasteiger partial charge in [0.15, 0.2) is 5.58 Å². The summed E-state index contributed by atoms with van der Waals surface area (Å²) in [5, 5.41) is 11.8. The zero-order valence-electron chi connectivity index (χ0n) is 16.9. The molecule has 30 heavy (non-hydrogen) atoms. The molecule has 1 aromatic heterocycles. The Balaban J connectivity index is 1.92. The number of halogens is 3. The molecule has 2 aromatic carbocycles. The minimum absolute atomic E-state index is 0.0946. The topological polar surface area (TPSA) is 75.4 Å². The molecular formula is C22H23F3N2O3. The van der Waals surface area contributed by atoms with Crippen LogP contribution in [0, 0.1) is 5.92 Å². The van der Waals surface area contributed by atoms with Crippen LogP contribution in [0.15, 0.2) is 40.8 Å². The Hall–Kier alpha value is -2.87. The Morgan fingerprint density at radius 1 is 1.17 bits per heavy atom. The van der Waals surface area contributed by atoms with Crippen LogP contribution in [0.3, 0.4) is 0 Å². The maximum Gasteiger partial charge on any atom is 0.416 e. The number of rotatable bonds is 7. The van der Waals surface area contributed by atoms with E-state index in [0.29, 0.717) is 24.1 Å². The second-order valence-corrected chi connectivity index (χ2v) is 7.73. The number of aliphatic carboxylic acids is 1. The summed E-state index contributed by atoms with van der Waals surface area (Å²) in [7, 11) is 0. The number of oxazole rings is 1. The Morgan fingerprint density at radius 2 is 1.90 bits per heavy atom. The fourth-order valence-corrected chi connectivity index (χ4v) is 3.15. The third-order valence-electron chi connectivity index (χ3n) is 4.73. The van der Waals surface area contributed by atoms with Crippen molar-refractivity contribution in [3.63, 3.8) is 0 Å². The predicted molar refractivity (Wildman–Crippen MR) is 107 cm³/mol. The molecule has 0 spiro atoms. The molecule has 1 atom stereocenters. The van der Waals surface area contributed by atoms with E-state index in [2.05, 4.69) is 10.3 Å². The van der Waals surface area contributed by atoms with Gasteiger partial charge in [0.05, 0.1) is 5.56 Å². The van der Waals surface area contributed by atoms with Gasteiger partial charge in [-0.2, -0.15) is 13.2 Å². The number of benzene rings is 2. The predicted octanol–water partition coefficient (Wildman–Crippen LogP) is 5.27. The molecule has 0 amide bonds. The summed E-state index contributed by atoms with van der Waals surface area (Å²) in [6, 6.07) is 8.61. The van der Waals surface area contributed by atoms with Gasteiger partial charge in [0, 0.05) is 12.1 Å². The second-order valence-electron chi connectivity index (χ2n) is 7.73. The molecule has 5 nitrogen and oxygen atoms in total. The number of aromatic nitrogens is 1. The van der Waals surface area contributed by atoms with Crippen LogP contribution >= 0.6 is 0 Å². The summed E-state index contributed by atoms with van der Waals surface area (Å²) in [5.41, 5.74) is 1.54.